The van der Waals surface area contributed by atoms with E-state index >= 15 is 0 Å². The van der Waals surface area contributed by atoms with E-state index in [1.807, 2.05) is 7.05 Å². The van der Waals surface area contributed by atoms with Gasteiger partial charge in [0.15, 0.2) is 0 Å². The van der Waals surface area contributed by atoms with Gasteiger partial charge in [-0.05, 0) is 45.4 Å². The molecular formula is C13H30N4O2S. The Kier molecular flexibility index (Phi) is 7.98. The summed E-state index contributed by atoms with van der Waals surface area (Å²) in [4.78, 5) is 2.09. The number of likely N-dealkylation sites (N-methyl/N-ethyl adjacent to an activating group) is 1. The molecule has 0 spiro atoms. The van der Waals surface area contributed by atoms with E-state index in [-0.39, 0.29) is 0 Å². The minimum absolute atomic E-state index is 0.476. The number of piperidine rings is 1. The lowest BCUT2D eigenvalue weighted by Gasteiger charge is -2.31. The number of hydrogen-bond acceptors (Lipinski definition) is 4. The normalized spacial score (nSPS) is 18.8. The van der Waals surface area contributed by atoms with Gasteiger partial charge in [0.1, 0.15) is 0 Å². The minimum Gasteiger partial charge on any atom is -0.317 e. The third kappa shape index (κ3) is 6.05. The minimum atomic E-state index is -3.29. The zero-order chi connectivity index (χ0) is 15.0. The monoisotopic (exact) mass is 306 g/mol. The molecule has 1 saturated heterocycles. The molecule has 6 nitrogen and oxygen atoms in total. The second-order valence-corrected chi connectivity index (χ2v) is 7.20. The maximum Gasteiger partial charge on any atom is 0.279 e. The Labute approximate surface area is 124 Å². The molecule has 0 amide bonds. The van der Waals surface area contributed by atoms with Crippen LogP contribution in [-0.4, -0.2) is 70.5 Å². The fraction of sp³-hybridized carbons (Fsp3) is 1.00. The van der Waals surface area contributed by atoms with Gasteiger partial charge in [-0.3, -0.25) is 0 Å². The van der Waals surface area contributed by atoms with Crippen molar-refractivity contribution in [2.24, 2.45) is 5.92 Å². The maximum absolute atomic E-state index is 12.2. The Hall–Kier alpha value is -0.210. The molecule has 0 bridgehead atoms. The fourth-order valence-electron chi connectivity index (χ4n) is 2.32. The van der Waals surface area contributed by atoms with Crippen LogP contribution < -0.4 is 10.0 Å². The second kappa shape index (κ2) is 8.94. The topological polar surface area (TPSA) is 64.7 Å². The van der Waals surface area contributed by atoms with Crippen LogP contribution in [0, 0.1) is 5.92 Å². The van der Waals surface area contributed by atoms with E-state index in [9.17, 15) is 8.42 Å². The Balaban J connectivity index is 2.31. The summed E-state index contributed by atoms with van der Waals surface area (Å²) in [5, 5.41) is 3.34. The van der Waals surface area contributed by atoms with Crippen LogP contribution in [0.2, 0.25) is 0 Å². The Morgan fingerprint density at radius 2 is 1.90 bits per heavy atom. The molecule has 0 aliphatic carbocycles. The standard InChI is InChI=1S/C13H30N4O2S/c1-4-14-12-13-6-9-17(10-7-13)20(18,19)15-8-11-16(3)5-2/h13-15H,4-12H2,1-3H3. The first-order valence-corrected chi connectivity index (χ1v) is 9.07. The molecule has 1 aliphatic heterocycles. The van der Waals surface area contributed by atoms with Crippen LogP contribution in [0.25, 0.3) is 0 Å². The molecule has 0 unspecified atom stereocenters. The highest BCUT2D eigenvalue weighted by Gasteiger charge is 2.27. The van der Waals surface area contributed by atoms with Crippen LogP contribution in [0.15, 0.2) is 0 Å². The van der Waals surface area contributed by atoms with E-state index in [0.29, 0.717) is 25.6 Å². The van der Waals surface area contributed by atoms with Gasteiger partial charge in [0.05, 0.1) is 0 Å². The summed E-state index contributed by atoms with van der Waals surface area (Å²) in [7, 11) is -1.31. The molecule has 2 N–H and O–H groups in total. The van der Waals surface area contributed by atoms with Crippen molar-refractivity contribution in [3.8, 4) is 0 Å². The first kappa shape index (κ1) is 17.8. The molecule has 0 atom stereocenters. The highest BCUT2D eigenvalue weighted by molar-refractivity contribution is 7.87. The SMILES string of the molecule is CCNCC1CCN(S(=O)(=O)NCCN(C)CC)CC1. The molecule has 0 radical (unpaired) electrons. The Bertz CT molecular complexity index is 353. The van der Waals surface area contributed by atoms with Gasteiger partial charge >= 0.3 is 0 Å². The molecule has 0 aromatic carbocycles. The van der Waals surface area contributed by atoms with Crippen LogP contribution in [0.5, 0.6) is 0 Å². The summed E-state index contributed by atoms with van der Waals surface area (Å²) >= 11 is 0. The highest BCUT2D eigenvalue weighted by Crippen LogP contribution is 2.18. The first-order valence-electron chi connectivity index (χ1n) is 7.63. The summed E-state index contributed by atoms with van der Waals surface area (Å²) in [6.45, 7) is 9.54. The highest BCUT2D eigenvalue weighted by atomic mass is 32.2. The summed E-state index contributed by atoms with van der Waals surface area (Å²) in [6, 6.07) is 0. The second-order valence-electron chi connectivity index (χ2n) is 5.45. The van der Waals surface area contributed by atoms with Gasteiger partial charge in [-0.1, -0.05) is 13.8 Å². The van der Waals surface area contributed by atoms with Gasteiger partial charge in [-0.15, -0.1) is 0 Å². The smallest absolute Gasteiger partial charge is 0.279 e. The number of nitrogens with one attached hydrogen (secondary N) is 2. The van der Waals surface area contributed by atoms with E-state index in [0.717, 1.165) is 39.0 Å². The van der Waals surface area contributed by atoms with Crippen molar-refractivity contribution in [2.45, 2.75) is 26.7 Å². The van der Waals surface area contributed by atoms with E-state index in [4.69, 9.17) is 0 Å². The van der Waals surface area contributed by atoms with Gasteiger partial charge in [-0.25, -0.2) is 4.72 Å². The molecule has 1 fully saturated rings. The lowest BCUT2D eigenvalue weighted by molar-refractivity contribution is 0.265. The van der Waals surface area contributed by atoms with Gasteiger partial charge in [-0.2, -0.15) is 12.7 Å². The van der Waals surface area contributed by atoms with E-state index in [2.05, 4.69) is 28.8 Å². The molecule has 1 rings (SSSR count). The summed E-state index contributed by atoms with van der Waals surface area (Å²) in [6.07, 6.45) is 1.89. The van der Waals surface area contributed by atoms with Crippen molar-refractivity contribution < 1.29 is 8.42 Å². The van der Waals surface area contributed by atoms with Crippen molar-refractivity contribution in [2.75, 3.05) is 52.9 Å². The lowest BCUT2D eigenvalue weighted by Crippen LogP contribution is -2.47. The molecule has 1 aliphatic rings. The largest absolute Gasteiger partial charge is 0.317 e. The van der Waals surface area contributed by atoms with Crippen molar-refractivity contribution in [1.82, 2.24) is 19.2 Å². The zero-order valence-electron chi connectivity index (χ0n) is 13.1. The summed E-state index contributed by atoms with van der Waals surface area (Å²) in [5.74, 6) is 0.604. The zero-order valence-corrected chi connectivity index (χ0v) is 13.9. The summed E-state index contributed by atoms with van der Waals surface area (Å²) < 4.78 is 28.6. The molecule has 120 valence electrons. The van der Waals surface area contributed by atoms with E-state index in [1.54, 1.807) is 4.31 Å². The maximum atomic E-state index is 12.2. The van der Waals surface area contributed by atoms with Crippen molar-refractivity contribution >= 4 is 10.2 Å². The van der Waals surface area contributed by atoms with Gasteiger partial charge < -0.3 is 10.2 Å². The van der Waals surface area contributed by atoms with Crippen molar-refractivity contribution in [1.29, 1.82) is 0 Å². The predicted molar refractivity (Wildman–Crippen MR) is 82.9 cm³/mol. The summed E-state index contributed by atoms with van der Waals surface area (Å²) in [5.41, 5.74) is 0. The number of rotatable bonds is 9. The molecule has 20 heavy (non-hydrogen) atoms. The average Bonchev–Trinajstić information content (AvgIpc) is 2.45. The third-order valence-corrected chi connectivity index (χ3v) is 5.53. The van der Waals surface area contributed by atoms with E-state index in [1.165, 1.54) is 0 Å². The first-order chi connectivity index (χ1) is 9.49. The molecular weight excluding hydrogens is 276 g/mol. The van der Waals surface area contributed by atoms with Crippen molar-refractivity contribution in [3.63, 3.8) is 0 Å². The van der Waals surface area contributed by atoms with Gasteiger partial charge in [0, 0.05) is 26.2 Å². The quantitative estimate of drug-likeness (QED) is 0.634. The predicted octanol–water partition coefficient (Wildman–Crippen LogP) is 0.0940. The molecule has 1 heterocycles. The van der Waals surface area contributed by atoms with Gasteiger partial charge in [0.25, 0.3) is 10.2 Å². The third-order valence-electron chi connectivity index (χ3n) is 3.91. The van der Waals surface area contributed by atoms with Crippen LogP contribution >= 0.6 is 0 Å². The Morgan fingerprint density at radius 3 is 2.45 bits per heavy atom. The molecule has 0 aromatic heterocycles. The lowest BCUT2D eigenvalue weighted by atomic mass is 9.98. The van der Waals surface area contributed by atoms with Gasteiger partial charge in [0.2, 0.25) is 0 Å². The number of hydrogen-bond donors (Lipinski definition) is 2. The van der Waals surface area contributed by atoms with Crippen LogP contribution in [0.4, 0.5) is 0 Å². The average molecular weight is 306 g/mol. The molecule has 7 heteroatoms. The Morgan fingerprint density at radius 1 is 1.25 bits per heavy atom. The number of nitrogens with zero attached hydrogens (tertiary/aromatic N) is 2. The molecule has 0 saturated carbocycles. The van der Waals surface area contributed by atoms with Crippen LogP contribution in [-0.2, 0) is 10.2 Å². The van der Waals surface area contributed by atoms with Crippen LogP contribution in [0.3, 0.4) is 0 Å². The van der Waals surface area contributed by atoms with Crippen molar-refractivity contribution in [3.05, 3.63) is 0 Å². The van der Waals surface area contributed by atoms with E-state index < -0.39 is 10.2 Å². The fourth-order valence-corrected chi connectivity index (χ4v) is 3.54. The molecule has 0 aromatic rings. The van der Waals surface area contributed by atoms with Crippen LogP contribution in [0.1, 0.15) is 26.7 Å².